The molecule has 1 rings (SSSR count). The third kappa shape index (κ3) is 4.74. The average molecular weight is 281 g/mol. The van der Waals surface area contributed by atoms with E-state index in [0.717, 1.165) is 9.77 Å². The van der Waals surface area contributed by atoms with Gasteiger partial charge in [-0.2, -0.15) is 0 Å². The fourth-order valence-corrected chi connectivity index (χ4v) is 2.68. The van der Waals surface area contributed by atoms with Crippen LogP contribution in [0.5, 0.6) is 0 Å². The van der Waals surface area contributed by atoms with E-state index in [1.807, 2.05) is 31.5 Å². The minimum Gasteiger partial charge on any atom is -0.349 e. The van der Waals surface area contributed by atoms with Crippen molar-refractivity contribution in [1.29, 1.82) is 0 Å². The van der Waals surface area contributed by atoms with Crippen molar-refractivity contribution in [2.75, 3.05) is 12.8 Å². The lowest BCUT2D eigenvalue weighted by Gasteiger charge is -2.18. The Hall–Kier alpha value is -0.230. The zero-order chi connectivity index (χ0) is 11.5. The predicted molar refractivity (Wildman–Crippen MR) is 73.9 cm³/mol. The number of thioether (sulfide) groups is 1. The zero-order valence-electron chi connectivity index (χ0n) is 9.57. The fraction of sp³-hybridized carbons (Fsp3) is 0.500. The Labute approximate surface area is 111 Å². The van der Waals surface area contributed by atoms with Crippen LogP contribution in [0, 0.1) is 0 Å². The van der Waals surface area contributed by atoms with Gasteiger partial charge in [0.1, 0.15) is 4.88 Å². The van der Waals surface area contributed by atoms with Crippen LogP contribution in [0.25, 0.3) is 0 Å². The molecule has 1 heterocycles. The van der Waals surface area contributed by atoms with Gasteiger partial charge in [0.25, 0.3) is 5.91 Å². The Bertz CT molecular complexity index is 347. The van der Waals surface area contributed by atoms with E-state index in [9.17, 15) is 4.79 Å². The number of amides is 1. The van der Waals surface area contributed by atoms with Crippen molar-refractivity contribution in [1.82, 2.24) is 5.32 Å². The molecular weight excluding hydrogens is 264 g/mol. The number of nitrogens with one attached hydrogen (secondary N) is 1. The van der Waals surface area contributed by atoms with E-state index in [1.54, 1.807) is 11.8 Å². The number of rotatable bonds is 4. The van der Waals surface area contributed by atoms with E-state index in [2.05, 4.69) is 5.32 Å². The van der Waals surface area contributed by atoms with Gasteiger partial charge in [-0.15, -0.1) is 35.5 Å². The Morgan fingerprint density at radius 1 is 1.62 bits per heavy atom. The Balaban J connectivity index is 0.00000225. The highest BCUT2D eigenvalue weighted by atomic mass is 35.5. The third-order valence-corrected chi connectivity index (χ3v) is 3.58. The summed E-state index contributed by atoms with van der Waals surface area (Å²) in [6.45, 7) is 4.26. The van der Waals surface area contributed by atoms with Gasteiger partial charge in [-0.25, -0.2) is 0 Å². The molecule has 3 nitrogen and oxygen atoms in total. The molecule has 0 saturated heterocycles. The second-order valence-electron chi connectivity index (χ2n) is 3.99. The molecule has 6 heteroatoms. The van der Waals surface area contributed by atoms with Gasteiger partial charge in [-0.3, -0.25) is 4.79 Å². The summed E-state index contributed by atoms with van der Waals surface area (Å²) in [6.07, 6.45) is 1.96. The Morgan fingerprint density at radius 2 is 2.25 bits per heavy atom. The molecule has 0 fully saturated rings. The first-order chi connectivity index (χ1) is 6.94. The van der Waals surface area contributed by atoms with Crippen LogP contribution in [-0.2, 0) is 0 Å². The second-order valence-corrected chi connectivity index (χ2v) is 5.75. The molecule has 0 aliphatic carbocycles. The fourth-order valence-electron chi connectivity index (χ4n) is 1.01. The highest BCUT2D eigenvalue weighted by molar-refractivity contribution is 7.98. The number of halogens is 1. The van der Waals surface area contributed by atoms with Crippen molar-refractivity contribution in [3.8, 4) is 0 Å². The summed E-state index contributed by atoms with van der Waals surface area (Å²) >= 11 is 3.04. The molecule has 0 spiro atoms. The monoisotopic (exact) mass is 280 g/mol. The van der Waals surface area contributed by atoms with Crippen molar-refractivity contribution in [2.45, 2.75) is 24.3 Å². The lowest BCUT2D eigenvalue weighted by molar-refractivity contribution is 0.0947. The van der Waals surface area contributed by atoms with Crippen LogP contribution in [-0.4, -0.2) is 24.2 Å². The number of thiophene rings is 1. The van der Waals surface area contributed by atoms with Gasteiger partial charge in [0, 0.05) is 17.0 Å². The number of hydrogen-bond acceptors (Lipinski definition) is 4. The van der Waals surface area contributed by atoms with E-state index in [4.69, 9.17) is 5.73 Å². The van der Waals surface area contributed by atoms with E-state index in [-0.39, 0.29) is 23.9 Å². The Morgan fingerprint density at radius 3 is 2.75 bits per heavy atom. The van der Waals surface area contributed by atoms with Gasteiger partial charge in [0.05, 0.1) is 0 Å². The molecule has 92 valence electrons. The molecule has 1 aromatic rings. The van der Waals surface area contributed by atoms with Crippen molar-refractivity contribution in [2.24, 2.45) is 5.73 Å². The van der Waals surface area contributed by atoms with Crippen molar-refractivity contribution in [3.63, 3.8) is 0 Å². The van der Waals surface area contributed by atoms with E-state index in [0.29, 0.717) is 6.54 Å². The van der Waals surface area contributed by atoms with Crippen molar-refractivity contribution in [3.05, 3.63) is 16.3 Å². The highest BCUT2D eigenvalue weighted by Gasteiger charge is 2.16. The van der Waals surface area contributed by atoms with Crippen molar-refractivity contribution < 1.29 is 4.79 Å². The SMILES string of the molecule is CSc1ccsc1C(=O)NCC(C)(C)N.Cl. The van der Waals surface area contributed by atoms with Gasteiger partial charge in [-0.05, 0) is 31.5 Å². The number of carbonyl (C=O) groups is 1. The van der Waals surface area contributed by atoms with Gasteiger partial charge >= 0.3 is 0 Å². The zero-order valence-corrected chi connectivity index (χ0v) is 12.0. The molecule has 0 aliphatic heterocycles. The number of carbonyl (C=O) groups excluding carboxylic acids is 1. The highest BCUT2D eigenvalue weighted by Crippen LogP contribution is 2.25. The Kier molecular flexibility index (Phi) is 6.40. The molecular formula is C10H17ClN2OS2. The summed E-state index contributed by atoms with van der Waals surface area (Å²) in [5.74, 6) is -0.0344. The number of nitrogens with two attached hydrogens (primary N) is 1. The van der Waals surface area contributed by atoms with Crippen LogP contribution >= 0.6 is 35.5 Å². The third-order valence-electron chi connectivity index (χ3n) is 1.76. The maximum atomic E-state index is 11.8. The maximum Gasteiger partial charge on any atom is 0.262 e. The topological polar surface area (TPSA) is 55.1 Å². The molecule has 0 aromatic carbocycles. The second kappa shape index (κ2) is 6.49. The summed E-state index contributed by atoms with van der Waals surface area (Å²) in [6, 6.07) is 1.96. The summed E-state index contributed by atoms with van der Waals surface area (Å²) in [4.78, 5) is 13.6. The first kappa shape index (κ1) is 15.8. The minimum absolute atomic E-state index is 0. The van der Waals surface area contributed by atoms with Gasteiger partial charge < -0.3 is 11.1 Å². The first-order valence-corrected chi connectivity index (χ1v) is 6.73. The minimum atomic E-state index is -0.369. The van der Waals surface area contributed by atoms with Crippen LogP contribution in [0.3, 0.4) is 0 Å². The molecule has 0 atom stereocenters. The largest absolute Gasteiger partial charge is 0.349 e. The van der Waals surface area contributed by atoms with E-state index >= 15 is 0 Å². The number of hydrogen-bond donors (Lipinski definition) is 2. The lowest BCUT2D eigenvalue weighted by atomic mass is 10.1. The molecule has 0 aliphatic rings. The summed E-state index contributed by atoms with van der Waals surface area (Å²) in [5.41, 5.74) is 5.42. The molecule has 16 heavy (non-hydrogen) atoms. The summed E-state index contributed by atoms with van der Waals surface area (Å²) in [5, 5.41) is 4.76. The molecule has 0 radical (unpaired) electrons. The van der Waals surface area contributed by atoms with Crippen LogP contribution in [0.15, 0.2) is 16.3 Å². The maximum absolute atomic E-state index is 11.8. The van der Waals surface area contributed by atoms with Crippen LogP contribution < -0.4 is 11.1 Å². The predicted octanol–water partition coefficient (Wildman–Crippen LogP) is 2.36. The quantitative estimate of drug-likeness (QED) is 0.833. The van der Waals surface area contributed by atoms with E-state index < -0.39 is 0 Å². The molecule has 0 unspecified atom stereocenters. The molecule has 0 bridgehead atoms. The van der Waals surface area contributed by atoms with Crippen LogP contribution in [0.2, 0.25) is 0 Å². The van der Waals surface area contributed by atoms with Gasteiger partial charge in [0.15, 0.2) is 0 Å². The standard InChI is InChI=1S/C10H16N2OS2.ClH/c1-10(2,11)6-12-9(13)8-7(14-3)4-5-15-8;/h4-5H,6,11H2,1-3H3,(H,12,13);1H. The molecule has 3 N–H and O–H groups in total. The van der Waals surface area contributed by atoms with E-state index in [1.165, 1.54) is 11.3 Å². The summed E-state index contributed by atoms with van der Waals surface area (Å²) < 4.78 is 0. The van der Waals surface area contributed by atoms with Crippen molar-refractivity contribution >= 4 is 41.4 Å². The molecule has 0 saturated carbocycles. The first-order valence-electron chi connectivity index (χ1n) is 4.62. The molecule has 1 aromatic heterocycles. The van der Waals surface area contributed by atoms with Gasteiger partial charge in [-0.1, -0.05) is 0 Å². The lowest BCUT2D eigenvalue weighted by Crippen LogP contribution is -2.45. The van der Waals surface area contributed by atoms with Crippen LogP contribution in [0.1, 0.15) is 23.5 Å². The molecule has 1 amide bonds. The summed E-state index contributed by atoms with van der Waals surface area (Å²) in [7, 11) is 0. The average Bonchev–Trinajstić information content (AvgIpc) is 2.60. The van der Waals surface area contributed by atoms with Crippen LogP contribution in [0.4, 0.5) is 0 Å². The normalized spacial score (nSPS) is 10.8. The van der Waals surface area contributed by atoms with Gasteiger partial charge in [0.2, 0.25) is 0 Å². The smallest absolute Gasteiger partial charge is 0.262 e.